The molecule has 1 amide bonds. The molecule has 1 saturated heterocycles. The standard InChI is InChI=1S/C13H15F2NOS/c14-11-3-1-2-10(12(11)15)13(17)16-8-9-4-6-18-7-5-9/h1-3,9H,4-8H2,(H,16,17). The highest BCUT2D eigenvalue weighted by Crippen LogP contribution is 2.22. The smallest absolute Gasteiger partial charge is 0.254 e. The summed E-state index contributed by atoms with van der Waals surface area (Å²) in [6.07, 6.45) is 2.13. The van der Waals surface area contributed by atoms with Gasteiger partial charge in [0.1, 0.15) is 0 Å². The van der Waals surface area contributed by atoms with Gasteiger partial charge in [-0.25, -0.2) is 8.78 Å². The van der Waals surface area contributed by atoms with E-state index >= 15 is 0 Å². The molecular weight excluding hydrogens is 256 g/mol. The van der Waals surface area contributed by atoms with Crippen molar-refractivity contribution in [1.82, 2.24) is 5.32 Å². The Balaban J connectivity index is 1.93. The number of hydrogen-bond acceptors (Lipinski definition) is 2. The fraction of sp³-hybridized carbons (Fsp3) is 0.462. The number of rotatable bonds is 3. The van der Waals surface area contributed by atoms with E-state index < -0.39 is 17.5 Å². The largest absolute Gasteiger partial charge is 0.352 e. The molecule has 1 N–H and O–H groups in total. The van der Waals surface area contributed by atoms with Gasteiger partial charge in [-0.15, -0.1) is 0 Å². The highest BCUT2D eigenvalue weighted by molar-refractivity contribution is 7.99. The minimum Gasteiger partial charge on any atom is -0.352 e. The lowest BCUT2D eigenvalue weighted by atomic mass is 10.0. The zero-order valence-corrected chi connectivity index (χ0v) is 10.7. The lowest BCUT2D eigenvalue weighted by molar-refractivity contribution is 0.0941. The number of amides is 1. The number of hydrogen-bond donors (Lipinski definition) is 1. The second kappa shape index (κ2) is 6.18. The van der Waals surface area contributed by atoms with Crippen LogP contribution in [0.1, 0.15) is 23.2 Å². The van der Waals surface area contributed by atoms with Gasteiger partial charge < -0.3 is 5.32 Å². The third-order valence-corrected chi connectivity index (χ3v) is 4.14. The Hall–Kier alpha value is -1.10. The third kappa shape index (κ3) is 3.22. The van der Waals surface area contributed by atoms with Crippen molar-refractivity contribution in [3.05, 3.63) is 35.4 Å². The molecule has 0 radical (unpaired) electrons. The topological polar surface area (TPSA) is 29.1 Å². The highest BCUT2D eigenvalue weighted by Gasteiger charge is 2.18. The van der Waals surface area contributed by atoms with E-state index in [0.717, 1.165) is 30.4 Å². The fourth-order valence-corrected chi connectivity index (χ4v) is 3.17. The monoisotopic (exact) mass is 271 g/mol. The average molecular weight is 271 g/mol. The first-order chi connectivity index (χ1) is 8.68. The molecule has 0 saturated carbocycles. The van der Waals surface area contributed by atoms with Gasteiger partial charge in [0.05, 0.1) is 5.56 Å². The van der Waals surface area contributed by atoms with Crippen molar-refractivity contribution < 1.29 is 13.6 Å². The van der Waals surface area contributed by atoms with E-state index in [0.29, 0.717) is 12.5 Å². The molecule has 0 aliphatic carbocycles. The molecule has 0 atom stereocenters. The number of carbonyl (C=O) groups excluding carboxylic acids is 1. The zero-order chi connectivity index (χ0) is 13.0. The quantitative estimate of drug-likeness (QED) is 0.916. The summed E-state index contributed by atoms with van der Waals surface area (Å²) in [6, 6.07) is 3.64. The first-order valence-corrected chi connectivity index (χ1v) is 7.14. The van der Waals surface area contributed by atoms with E-state index in [-0.39, 0.29) is 5.56 Å². The van der Waals surface area contributed by atoms with Crippen LogP contribution in [-0.4, -0.2) is 24.0 Å². The van der Waals surface area contributed by atoms with Gasteiger partial charge in [0.2, 0.25) is 0 Å². The zero-order valence-electron chi connectivity index (χ0n) is 9.92. The molecule has 18 heavy (non-hydrogen) atoms. The first-order valence-electron chi connectivity index (χ1n) is 5.98. The van der Waals surface area contributed by atoms with E-state index in [4.69, 9.17) is 0 Å². The van der Waals surface area contributed by atoms with E-state index in [1.54, 1.807) is 0 Å². The van der Waals surface area contributed by atoms with Gasteiger partial charge in [-0.2, -0.15) is 11.8 Å². The minimum atomic E-state index is -1.07. The molecule has 0 bridgehead atoms. The molecular formula is C13H15F2NOS. The Morgan fingerprint density at radius 3 is 2.78 bits per heavy atom. The number of benzene rings is 1. The summed E-state index contributed by atoms with van der Waals surface area (Å²) in [6.45, 7) is 0.537. The molecule has 1 aromatic rings. The molecule has 1 aliphatic rings. The Morgan fingerprint density at radius 1 is 1.33 bits per heavy atom. The van der Waals surface area contributed by atoms with Crippen LogP contribution in [0.3, 0.4) is 0 Å². The van der Waals surface area contributed by atoms with Crippen molar-refractivity contribution in [3.63, 3.8) is 0 Å². The third-order valence-electron chi connectivity index (χ3n) is 3.09. The van der Waals surface area contributed by atoms with Crippen molar-refractivity contribution in [2.75, 3.05) is 18.1 Å². The van der Waals surface area contributed by atoms with Crippen molar-refractivity contribution in [1.29, 1.82) is 0 Å². The van der Waals surface area contributed by atoms with Gasteiger partial charge in [0, 0.05) is 6.54 Å². The van der Waals surface area contributed by atoms with Crippen LogP contribution in [0, 0.1) is 17.6 Å². The molecule has 98 valence electrons. The molecule has 1 aromatic carbocycles. The van der Waals surface area contributed by atoms with Crippen LogP contribution in [0.2, 0.25) is 0 Å². The lowest BCUT2D eigenvalue weighted by Gasteiger charge is -2.21. The average Bonchev–Trinajstić information content (AvgIpc) is 2.40. The predicted octanol–water partition coefficient (Wildman–Crippen LogP) is 2.84. The number of thioether (sulfide) groups is 1. The maximum absolute atomic E-state index is 13.4. The summed E-state index contributed by atoms with van der Waals surface area (Å²) in [5.41, 5.74) is -0.222. The van der Waals surface area contributed by atoms with E-state index in [1.807, 2.05) is 11.8 Å². The summed E-state index contributed by atoms with van der Waals surface area (Å²) in [5, 5.41) is 2.68. The maximum atomic E-state index is 13.4. The molecule has 0 spiro atoms. The molecule has 0 unspecified atom stereocenters. The van der Waals surface area contributed by atoms with Crippen molar-refractivity contribution in [2.24, 2.45) is 5.92 Å². The van der Waals surface area contributed by atoms with Crippen molar-refractivity contribution >= 4 is 17.7 Å². The highest BCUT2D eigenvalue weighted by atomic mass is 32.2. The van der Waals surface area contributed by atoms with E-state index in [1.165, 1.54) is 12.1 Å². The predicted molar refractivity (Wildman–Crippen MR) is 68.7 cm³/mol. The van der Waals surface area contributed by atoms with Crippen LogP contribution in [0.5, 0.6) is 0 Å². The molecule has 0 aromatic heterocycles. The normalized spacial score (nSPS) is 16.6. The maximum Gasteiger partial charge on any atom is 0.254 e. The van der Waals surface area contributed by atoms with Crippen molar-refractivity contribution in [2.45, 2.75) is 12.8 Å². The first kappa shape index (κ1) is 13.3. The van der Waals surface area contributed by atoms with Crippen LogP contribution in [-0.2, 0) is 0 Å². The number of nitrogens with one attached hydrogen (secondary N) is 1. The van der Waals surface area contributed by atoms with Crippen LogP contribution in [0.15, 0.2) is 18.2 Å². The van der Waals surface area contributed by atoms with E-state index in [2.05, 4.69) is 5.32 Å². The summed E-state index contributed by atoms with van der Waals surface area (Å²) in [7, 11) is 0. The Bertz CT molecular complexity index is 433. The molecule has 1 aliphatic heterocycles. The van der Waals surface area contributed by atoms with Crippen LogP contribution < -0.4 is 5.32 Å². The molecule has 1 fully saturated rings. The van der Waals surface area contributed by atoms with Gasteiger partial charge in [-0.3, -0.25) is 4.79 Å². The summed E-state index contributed by atoms with van der Waals surface area (Å²) < 4.78 is 26.4. The SMILES string of the molecule is O=C(NCC1CCSCC1)c1cccc(F)c1F. The molecule has 5 heteroatoms. The van der Waals surface area contributed by atoms with Gasteiger partial charge in [0.15, 0.2) is 11.6 Å². The van der Waals surface area contributed by atoms with Gasteiger partial charge in [-0.1, -0.05) is 6.07 Å². The summed E-state index contributed by atoms with van der Waals surface area (Å²) >= 11 is 1.91. The Morgan fingerprint density at radius 2 is 2.06 bits per heavy atom. The molecule has 1 heterocycles. The number of carbonyl (C=O) groups is 1. The Kier molecular flexibility index (Phi) is 4.58. The summed E-state index contributed by atoms with van der Waals surface area (Å²) in [5.74, 6) is 0.0620. The molecule has 2 rings (SSSR count). The van der Waals surface area contributed by atoms with E-state index in [9.17, 15) is 13.6 Å². The lowest BCUT2D eigenvalue weighted by Crippen LogP contribution is -2.31. The second-order valence-corrected chi connectivity index (χ2v) is 5.59. The van der Waals surface area contributed by atoms with Crippen molar-refractivity contribution in [3.8, 4) is 0 Å². The van der Waals surface area contributed by atoms with Crippen LogP contribution in [0.4, 0.5) is 8.78 Å². The van der Waals surface area contributed by atoms with Gasteiger partial charge >= 0.3 is 0 Å². The molecule has 2 nitrogen and oxygen atoms in total. The number of halogens is 2. The minimum absolute atomic E-state index is 0.222. The van der Waals surface area contributed by atoms with Crippen LogP contribution >= 0.6 is 11.8 Å². The van der Waals surface area contributed by atoms with Crippen LogP contribution in [0.25, 0.3) is 0 Å². The summed E-state index contributed by atoms with van der Waals surface area (Å²) in [4.78, 5) is 11.7. The van der Waals surface area contributed by atoms with Gasteiger partial charge in [0.25, 0.3) is 5.91 Å². The fourth-order valence-electron chi connectivity index (χ4n) is 1.96. The van der Waals surface area contributed by atoms with Gasteiger partial charge in [-0.05, 0) is 42.4 Å². The Labute approximate surface area is 109 Å². The second-order valence-electron chi connectivity index (χ2n) is 4.37.